The van der Waals surface area contributed by atoms with Crippen LogP contribution in [0.3, 0.4) is 0 Å². The quantitative estimate of drug-likeness (QED) is 0.570. The number of amides is 1. The first-order valence-electron chi connectivity index (χ1n) is 3.97. The molecule has 0 saturated heterocycles. The van der Waals surface area contributed by atoms with E-state index in [0.29, 0.717) is 0 Å². The molecule has 13 heavy (non-hydrogen) atoms. The zero-order valence-electron chi connectivity index (χ0n) is 7.92. The first kappa shape index (κ1) is 9.92. The summed E-state index contributed by atoms with van der Waals surface area (Å²) >= 11 is 1.67. The second kappa shape index (κ2) is 4.18. The maximum atomic E-state index is 10.6. The Hall–Kier alpha value is -1.16. The van der Waals surface area contributed by atoms with E-state index in [1.807, 2.05) is 26.0 Å². The number of nitrogens with one attached hydrogen (secondary N) is 1. The van der Waals surface area contributed by atoms with Crippen LogP contribution in [0.15, 0.2) is 17.2 Å². The average molecular weight is 196 g/mol. The molecular weight excluding hydrogens is 184 g/mol. The second-order valence-corrected chi connectivity index (χ2v) is 4.06. The number of hydrogen-bond donors (Lipinski definition) is 1. The molecule has 1 amide bonds. The van der Waals surface area contributed by atoms with E-state index >= 15 is 0 Å². The fraction of sp³-hybridized carbons (Fsp3) is 0.333. The van der Waals surface area contributed by atoms with Crippen molar-refractivity contribution in [2.24, 2.45) is 5.10 Å². The summed E-state index contributed by atoms with van der Waals surface area (Å²) in [4.78, 5) is 12.9. The van der Waals surface area contributed by atoms with Gasteiger partial charge in [-0.15, -0.1) is 11.3 Å². The highest BCUT2D eigenvalue weighted by molar-refractivity contribution is 7.14. The third kappa shape index (κ3) is 2.99. The SMILES string of the molecule is CC(=O)N/N=C(/C)c1ccc(C)s1. The van der Waals surface area contributed by atoms with Gasteiger partial charge in [-0.2, -0.15) is 5.10 Å². The maximum Gasteiger partial charge on any atom is 0.236 e. The minimum atomic E-state index is -0.146. The molecule has 0 bridgehead atoms. The van der Waals surface area contributed by atoms with E-state index in [9.17, 15) is 4.79 Å². The molecule has 0 radical (unpaired) electrons. The molecule has 0 aliphatic heterocycles. The number of carbonyl (C=O) groups is 1. The van der Waals surface area contributed by atoms with Crippen LogP contribution in [-0.2, 0) is 4.79 Å². The molecule has 0 aliphatic carbocycles. The van der Waals surface area contributed by atoms with Gasteiger partial charge in [0.25, 0.3) is 0 Å². The highest BCUT2D eigenvalue weighted by atomic mass is 32.1. The van der Waals surface area contributed by atoms with E-state index in [-0.39, 0.29) is 5.91 Å². The van der Waals surface area contributed by atoms with Crippen LogP contribution < -0.4 is 5.43 Å². The fourth-order valence-electron chi connectivity index (χ4n) is 0.847. The molecule has 3 nitrogen and oxygen atoms in total. The molecule has 0 aliphatic rings. The summed E-state index contributed by atoms with van der Waals surface area (Å²) in [7, 11) is 0. The van der Waals surface area contributed by atoms with Gasteiger partial charge >= 0.3 is 0 Å². The minimum Gasteiger partial charge on any atom is -0.274 e. The van der Waals surface area contributed by atoms with Gasteiger partial charge in [0.2, 0.25) is 5.91 Å². The predicted molar refractivity (Wildman–Crippen MR) is 55.1 cm³/mol. The summed E-state index contributed by atoms with van der Waals surface area (Å²) in [6.07, 6.45) is 0. The van der Waals surface area contributed by atoms with Gasteiger partial charge in [0.05, 0.1) is 10.6 Å². The maximum absolute atomic E-state index is 10.6. The first-order chi connectivity index (χ1) is 6.09. The van der Waals surface area contributed by atoms with E-state index in [1.54, 1.807) is 11.3 Å². The molecule has 1 N–H and O–H groups in total. The second-order valence-electron chi connectivity index (χ2n) is 2.78. The number of aryl methyl sites for hydroxylation is 1. The van der Waals surface area contributed by atoms with Gasteiger partial charge in [-0.3, -0.25) is 4.79 Å². The summed E-state index contributed by atoms with van der Waals surface area (Å²) in [5.74, 6) is -0.146. The van der Waals surface area contributed by atoms with E-state index in [0.717, 1.165) is 10.6 Å². The van der Waals surface area contributed by atoms with Crippen molar-refractivity contribution >= 4 is 23.0 Å². The molecule has 0 fully saturated rings. The van der Waals surface area contributed by atoms with Gasteiger partial charge in [-0.1, -0.05) is 0 Å². The van der Waals surface area contributed by atoms with Gasteiger partial charge < -0.3 is 0 Å². The van der Waals surface area contributed by atoms with Crippen LogP contribution in [0.4, 0.5) is 0 Å². The van der Waals surface area contributed by atoms with Gasteiger partial charge in [0, 0.05) is 11.8 Å². The first-order valence-corrected chi connectivity index (χ1v) is 4.79. The molecule has 70 valence electrons. The summed E-state index contributed by atoms with van der Waals surface area (Å²) in [6, 6.07) is 4.04. The molecule has 1 aromatic heterocycles. The highest BCUT2D eigenvalue weighted by Gasteiger charge is 2.00. The number of hydrazone groups is 1. The van der Waals surface area contributed by atoms with Gasteiger partial charge in [-0.25, -0.2) is 5.43 Å². The van der Waals surface area contributed by atoms with Crippen molar-refractivity contribution in [3.8, 4) is 0 Å². The lowest BCUT2D eigenvalue weighted by Crippen LogP contribution is -2.14. The zero-order chi connectivity index (χ0) is 9.84. The molecule has 1 aromatic rings. The lowest BCUT2D eigenvalue weighted by molar-refractivity contribution is -0.118. The average Bonchev–Trinajstić information content (AvgIpc) is 2.47. The number of hydrogen-bond acceptors (Lipinski definition) is 3. The van der Waals surface area contributed by atoms with Crippen molar-refractivity contribution in [2.75, 3.05) is 0 Å². The lowest BCUT2D eigenvalue weighted by atomic mass is 10.3. The van der Waals surface area contributed by atoms with Crippen LogP contribution in [0.25, 0.3) is 0 Å². The smallest absolute Gasteiger partial charge is 0.236 e. The topological polar surface area (TPSA) is 41.5 Å². The Labute approximate surface area is 81.5 Å². The Bertz CT molecular complexity index is 341. The van der Waals surface area contributed by atoms with Crippen LogP contribution in [0.2, 0.25) is 0 Å². The van der Waals surface area contributed by atoms with Gasteiger partial charge in [0.1, 0.15) is 0 Å². The molecule has 0 unspecified atom stereocenters. The van der Waals surface area contributed by atoms with Gasteiger partial charge in [0.15, 0.2) is 0 Å². The molecule has 0 atom stereocenters. The Balaban J connectivity index is 2.72. The molecule has 0 aromatic carbocycles. The van der Waals surface area contributed by atoms with E-state index in [1.165, 1.54) is 11.8 Å². The summed E-state index contributed by atoms with van der Waals surface area (Å²) < 4.78 is 0. The van der Waals surface area contributed by atoms with Crippen molar-refractivity contribution in [1.82, 2.24) is 5.43 Å². The van der Waals surface area contributed by atoms with E-state index < -0.39 is 0 Å². The monoisotopic (exact) mass is 196 g/mol. The largest absolute Gasteiger partial charge is 0.274 e. The normalized spacial score (nSPS) is 11.5. The third-order valence-corrected chi connectivity index (χ3v) is 2.59. The van der Waals surface area contributed by atoms with Crippen LogP contribution >= 0.6 is 11.3 Å². The Morgan fingerprint density at radius 3 is 2.62 bits per heavy atom. The highest BCUT2D eigenvalue weighted by Crippen LogP contribution is 2.15. The third-order valence-electron chi connectivity index (χ3n) is 1.48. The number of thiophene rings is 1. The number of nitrogens with zero attached hydrogens (tertiary/aromatic N) is 1. The lowest BCUT2D eigenvalue weighted by Gasteiger charge is -1.95. The van der Waals surface area contributed by atoms with Crippen molar-refractivity contribution < 1.29 is 4.79 Å². The number of carbonyl (C=O) groups excluding carboxylic acids is 1. The predicted octanol–water partition coefficient (Wildman–Crippen LogP) is 1.92. The van der Waals surface area contributed by atoms with Crippen LogP contribution in [-0.4, -0.2) is 11.6 Å². The standard InChI is InChI=1S/C9H12N2OS/c1-6-4-5-9(13-6)7(2)10-11-8(3)12/h4-5H,1-3H3,(H,11,12)/b10-7-. The zero-order valence-corrected chi connectivity index (χ0v) is 8.73. The Morgan fingerprint density at radius 1 is 1.46 bits per heavy atom. The number of rotatable bonds is 2. The Kier molecular flexibility index (Phi) is 3.19. The Morgan fingerprint density at radius 2 is 2.15 bits per heavy atom. The summed E-state index contributed by atoms with van der Waals surface area (Å²) in [5, 5.41) is 3.93. The summed E-state index contributed by atoms with van der Waals surface area (Å²) in [6.45, 7) is 5.36. The molecular formula is C9H12N2OS. The van der Waals surface area contributed by atoms with E-state index in [2.05, 4.69) is 10.5 Å². The molecule has 1 heterocycles. The van der Waals surface area contributed by atoms with Crippen LogP contribution in [0.1, 0.15) is 23.6 Å². The molecule has 0 saturated carbocycles. The fourth-order valence-corrected chi connectivity index (χ4v) is 1.66. The van der Waals surface area contributed by atoms with Crippen molar-refractivity contribution in [2.45, 2.75) is 20.8 Å². The van der Waals surface area contributed by atoms with Gasteiger partial charge in [-0.05, 0) is 26.0 Å². The van der Waals surface area contributed by atoms with E-state index in [4.69, 9.17) is 0 Å². The molecule has 4 heteroatoms. The molecule has 1 rings (SSSR count). The summed E-state index contributed by atoms with van der Waals surface area (Å²) in [5.41, 5.74) is 3.25. The minimum absolute atomic E-state index is 0.146. The van der Waals surface area contributed by atoms with Crippen molar-refractivity contribution in [1.29, 1.82) is 0 Å². The van der Waals surface area contributed by atoms with Crippen LogP contribution in [0, 0.1) is 6.92 Å². The van der Waals surface area contributed by atoms with Crippen LogP contribution in [0.5, 0.6) is 0 Å². The van der Waals surface area contributed by atoms with Crippen molar-refractivity contribution in [3.05, 3.63) is 21.9 Å². The molecule has 0 spiro atoms. The van der Waals surface area contributed by atoms with Crippen molar-refractivity contribution in [3.63, 3.8) is 0 Å².